The fourth-order valence-corrected chi connectivity index (χ4v) is 1.49. The van der Waals surface area contributed by atoms with Gasteiger partial charge in [-0.25, -0.2) is 5.84 Å². The molecule has 106 valence electrons. The molecule has 1 aromatic carbocycles. The Labute approximate surface area is 115 Å². The van der Waals surface area contributed by atoms with Crippen molar-refractivity contribution in [3.8, 4) is 11.8 Å². The Morgan fingerprint density at radius 3 is 2.85 bits per heavy atom. The zero-order chi connectivity index (χ0) is 15.0. The molecule has 1 aromatic rings. The lowest BCUT2D eigenvalue weighted by Crippen LogP contribution is -2.29. The average molecular weight is 278 g/mol. The van der Waals surface area contributed by atoms with Crippen molar-refractivity contribution < 1.29 is 14.5 Å². The highest BCUT2D eigenvalue weighted by atomic mass is 16.6. The number of hydrogen-bond acceptors (Lipinski definition) is 6. The first kappa shape index (κ1) is 15.4. The fraction of sp³-hybridized carbons (Fsp3) is 0.333. The second-order valence-electron chi connectivity index (χ2n) is 3.92. The number of benzene rings is 1. The first-order valence-corrected chi connectivity index (χ1v) is 5.89. The molecule has 20 heavy (non-hydrogen) atoms. The molecule has 0 radical (unpaired) electrons. The maximum absolute atomic E-state index is 10.9. The zero-order valence-corrected chi connectivity index (χ0v) is 10.7. The van der Waals surface area contributed by atoms with Gasteiger partial charge in [0, 0.05) is 12.5 Å². The fourth-order valence-electron chi connectivity index (χ4n) is 1.49. The van der Waals surface area contributed by atoms with E-state index in [0.29, 0.717) is 12.8 Å². The Balaban J connectivity index is 2.54. The number of nitro groups is 1. The predicted octanol–water partition coefficient (Wildman–Crippen LogP) is 1.01. The molecule has 0 unspecified atom stereocenters. The molecule has 3 N–H and O–H groups in total. The van der Waals surface area contributed by atoms with Crippen molar-refractivity contribution in [3.05, 3.63) is 33.9 Å². The number of hydrogen-bond donors (Lipinski definition) is 2. The van der Waals surface area contributed by atoms with E-state index in [2.05, 4.69) is 0 Å². The van der Waals surface area contributed by atoms with E-state index in [1.807, 2.05) is 11.5 Å². The van der Waals surface area contributed by atoms with E-state index in [4.69, 9.17) is 15.8 Å². The van der Waals surface area contributed by atoms with Gasteiger partial charge >= 0.3 is 5.69 Å². The summed E-state index contributed by atoms with van der Waals surface area (Å²) in [7, 11) is 0. The number of nitriles is 1. The molecule has 0 aliphatic rings. The molecule has 1 amide bonds. The van der Waals surface area contributed by atoms with Crippen LogP contribution >= 0.6 is 0 Å². The van der Waals surface area contributed by atoms with E-state index in [9.17, 15) is 14.9 Å². The first-order valence-electron chi connectivity index (χ1n) is 5.89. The second-order valence-corrected chi connectivity index (χ2v) is 3.92. The Hall–Kier alpha value is -2.66. The van der Waals surface area contributed by atoms with Crippen LogP contribution in [0.1, 0.15) is 24.8 Å². The summed E-state index contributed by atoms with van der Waals surface area (Å²) in [6.45, 7) is 0.241. The second kappa shape index (κ2) is 7.70. The quantitative estimate of drug-likeness (QED) is 0.251. The Kier molecular flexibility index (Phi) is 5.93. The van der Waals surface area contributed by atoms with Crippen molar-refractivity contribution in [2.75, 3.05) is 6.61 Å². The SMILES string of the molecule is N#Cc1ccc(OCCCCC(=O)NN)c([N+](=O)[O-])c1. The number of rotatable bonds is 7. The van der Waals surface area contributed by atoms with E-state index < -0.39 is 4.92 Å². The number of unbranched alkanes of at least 4 members (excludes halogenated alkanes) is 1. The van der Waals surface area contributed by atoms with Crippen LogP contribution in [0.5, 0.6) is 5.75 Å². The van der Waals surface area contributed by atoms with Crippen LogP contribution in [-0.4, -0.2) is 17.4 Å². The van der Waals surface area contributed by atoms with Crippen LogP contribution in [0.2, 0.25) is 0 Å². The van der Waals surface area contributed by atoms with Crippen molar-refractivity contribution in [2.45, 2.75) is 19.3 Å². The maximum atomic E-state index is 10.9. The number of carbonyl (C=O) groups is 1. The summed E-state index contributed by atoms with van der Waals surface area (Å²) in [6.07, 6.45) is 1.40. The van der Waals surface area contributed by atoms with E-state index in [1.165, 1.54) is 12.1 Å². The summed E-state index contributed by atoms with van der Waals surface area (Å²) in [5.74, 6) is 4.77. The lowest BCUT2D eigenvalue weighted by Gasteiger charge is -2.06. The van der Waals surface area contributed by atoms with Gasteiger partial charge in [-0.2, -0.15) is 5.26 Å². The summed E-state index contributed by atoms with van der Waals surface area (Å²) in [5.41, 5.74) is 1.96. The van der Waals surface area contributed by atoms with Gasteiger partial charge in [-0.3, -0.25) is 20.3 Å². The highest BCUT2D eigenvalue weighted by Crippen LogP contribution is 2.27. The molecule has 0 bridgehead atoms. The van der Waals surface area contributed by atoms with Crippen LogP contribution in [-0.2, 0) is 4.79 Å². The van der Waals surface area contributed by atoms with Gasteiger partial charge in [0.05, 0.1) is 23.2 Å². The summed E-state index contributed by atoms with van der Waals surface area (Å²) < 4.78 is 5.30. The smallest absolute Gasteiger partial charge is 0.312 e. The third-order valence-corrected chi connectivity index (χ3v) is 2.50. The Bertz CT molecular complexity index is 539. The van der Waals surface area contributed by atoms with Crippen LogP contribution in [0, 0.1) is 21.4 Å². The Morgan fingerprint density at radius 1 is 1.50 bits per heavy atom. The van der Waals surface area contributed by atoms with Gasteiger partial charge in [0.25, 0.3) is 0 Å². The molecule has 8 nitrogen and oxygen atoms in total. The van der Waals surface area contributed by atoms with Gasteiger partial charge in [-0.15, -0.1) is 0 Å². The molecular weight excluding hydrogens is 264 g/mol. The minimum atomic E-state index is -0.599. The average Bonchev–Trinajstić information content (AvgIpc) is 2.46. The number of carbonyl (C=O) groups excluding carboxylic acids is 1. The minimum Gasteiger partial charge on any atom is -0.487 e. The van der Waals surface area contributed by atoms with Crippen molar-refractivity contribution >= 4 is 11.6 Å². The van der Waals surface area contributed by atoms with Crippen molar-refractivity contribution in [1.82, 2.24) is 5.43 Å². The molecule has 1 rings (SSSR count). The van der Waals surface area contributed by atoms with Crippen molar-refractivity contribution in [3.63, 3.8) is 0 Å². The Morgan fingerprint density at radius 2 is 2.25 bits per heavy atom. The van der Waals surface area contributed by atoms with Crippen LogP contribution in [0.4, 0.5) is 5.69 Å². The molecule has 0 saturated heterocycles. The number of amides is 1. The lowest BCUT2D eigenvalue weighted by molar-refractivity contribution is -0.385. The largest absolute Gasteiger partial charge is 0.487 e. The zero-order valence-electron chi connectivity index (χ0n) is 10.7. The van der Waals surface area contributed by atoms with Crippen LogP contribution in [0.15, 0.2) is 18.2 Å². The van der Waals surface area contributed by atoms with E-state index in [0.717, 1.165) is 6.07 Å². The molecular formula is C12H14N4O4. The monoisotopic (exact) mass is 278 g/mol. The summed E-state index contributed by atoms with van der Waals surface area (Å²) in [4.78, 5) is 21.1. The lowest BCUT2D eigenvalue weighted by atomic mass is 10.2. The van der Waals surface area contributed by atoms with Crippen LogP contribution < -0.4 is 16.0 Å². The third-order valence-electron chi connectivity index (χ3n) is 2.50. The summed E-state index contributed by atoms with van der Waals surface area (Å²) >= 11 is 0. The number of hydrazine groups is 1. The standard InChI is InChI=1S/C12H14N4O4/c13-8-9-4-5-11(10(7-9)16(18)19)20-6-2-1-3-12(17)15-14/h4-5,7H,1-3,6,14H2,(H,15,17). The number of nitrogens with zero attached hydrogens (tertiary/aromatic N) is 2. The molecule has 0 aliphatic heterocycles. The molecule has 0 aliphatic carbocycles. The highest BCUT2D eigenvalue weighted by molar-refractivity contribution is 5.75. The number of nitro benzene ring substituents is 1. The molecule has 8 heteroatoms. The molecule has 0 atom stereocenters. The first-order chi connectivity index (χ1) is 9.58. The normalized spacial score (nSPS) is 9.60. The number of nitrogens with two attached hydrogens (primary N) is 1. The maximum Gasteiger partial charge on any atom is 0.312 e. The predicted molar refractivity (Wildman–Crippen MR) is 69.5 cm³/mol. The van der Waals surface area contributed by atoms with Gasteiger partial charge in [0.1, 0.15) is 0 Å². The number of ether oxygens (including phenoxy) is 1. The third kappa shape index (κ3) is 4.55. The van der Waals surface area contributed by atoms with Gasteiger partial charge < -0.3 is 4.74 Å². The van der Waals surface area contributed by atoms with Gasteiger partial charge in [0.15, 0.2) is 5.75 Å². The topological polar surface area (TPSA) is 131 Å². The minimum absolute atomic E-state index is 0.109. The molecule has 0 saturated carbocycles. The van der Waals surface area contributed by atoms with Crippen LogP contribution in [0.3, 0.4) is 0 Å². The van der Waals surface area contributed by atoms with Gasteiger partial charge in [0.2, 0.25) is 5.91 Å². The van der Waals surface area contributed by atoms with Crippen LogP contribution in [0.25, 0.3) is 0 Å². The van der Waals surface area contributed by atoms with E-state index >= 15 is 0 Å². The van der Waals surface area contributed by atoms with Crippen molar-refractivity contribution in [2.24, 2.45) is 5.84 Å². The van der Waals surface area contributed by atoms with E-state index in [1.54, 1.807) is 0 Å². The summed E-state index contributed by atoms with van der Waals surface area (Å²) in [5, 5.41) is 19.6. The molecule has 0 spiro atoms. The van der Waals surface area contributed by atoms with E-state index in [-0.39, 0.29) is 35.9 Å². The number of nitrogens with one attached hydrogen (secondary N) is 1. The van der Waals surface area contributed by atoms with Gasteiger partial charge in [-0.1, -0.05) is 0 Å². The molecule has 0 heterocycles. The highest BCUT2D eigenvalue weighted by Gasteiger charge is 2.15. The van der Waals surface area contributed by atoms with Crippen molar-refractivity contribution in [1.29, 1.82) is 5.26 Å². The molecule has 0 fully saturated rings. The molecule has 0 aromatic heterocycles. The summed E-state index contributed by atoms with van der Waals surface area (Å²) in [6, 6.07) is 5.83. The van der Waals surface area contributed by atoms with Gasteiger partial charge in [-0.05, 0) is 25.0 Å².